The fourth-order valence-corrected chi connectivity index (χ4v) is 3.43. The Kier molecular flexibility index (Phi) is 4.48. The van der Waals surface area contributed by atoms with Gasteiger partial charge in [0.05, 0.1) is 7.11 Å². The van der Waals surface area contributed by atoms with Crippen LogP contribution in [-0.2, 0) is 0 Å². The van der Waals surface area contributed by atoms with E-state index >= 15 is 0 Å². The maximum Gasteiger partial charge on any atom is 0.248 e. The Balaban J connectivity index is 1.79. The van der Waals surface area contributed by atoms with Gasteiger partial charge in [0, 0.05) is 42.1 Å². The van der Waals surface area contributed by atoms with Gasteiger partial charge in [0.2, 0.25) is 5.92 Å². The zero-order valence-electron chi connectivity index (χ0n) is 13.1. The number of alkyl halides is 2. The Morgan fingerprint density at radius 1 is 1.26 bits per heavy atom. The van der Waals surface area contributed by atoms with E-state index < -0.39 is 5.92 Å². The molecule has 1 fully saturated rings. The Bertz CT molecular complexity index is 680. The van der Waals surface area contributed by atoms with Crippen LogP contribution in [0.15, 0.2) is 17.5 Å². The summed E-state index contributed by atoms with van der Waals surface area (Å²) in [6.45, 7) is 1.93. The minimum Gasteiger partial charge on any atom is -0.497 e. The van der Waals surface area contributed by atoms with Gasteiger partial charge >= 0.3 is 0 Å². The molecule has 124 valence electrons. The number of hydrogen-bond acceptors (Lipinski definition) is 5. The summed E-state index contributed by atoms with van der Waals surface area (Å²) in [5.41, 5.74) is 1.67. The molecule has 0 bridgehead atoms. The van der Waals surface area contributed by atoms with Crippen LogP contribution in [0.2, 0.25) is 0 Å². The van der Waals surface area contributed by atoms with Crippen LogP contribution < -0.4 is 10.1 Å². The summed E-state index contributed by atoms with van der Waals surface area (Å²) < 4.78 is 31.8. The molecule has 0 spiro atoms. The van der Waals surface area contributed by atoms with E-state index in [0.717, 1.165) is 16.4 Å². The minimum atomic E-state index is -2.52. The molecule has 0 atom stereocenters. The molecular formula is C16H19F2N3OS. The second-order valence-corrected chi connectivity index (χ2v) is 6.70. The summed E-state index contributed by atoms with van der Waals surface area (Å²) in [5.74, 6) is -1.21. The highest BCUT2D eigenvalue weighted by atomic mass is 32.1. The highest BCUT2D eigenvalue weighted by molar-refractivity contribution is 7.13. The fourth-order valence-electron chi connectivity index (χ4n) is 2.67. The van der Waals surface area contributed by atoms with Crippen LogP contribution in [-0.4, -0.2) is 29.0 Å². The van der Waals surface area contributed by atoms with Crippen molar-refractivity contribution in [2.24, 2.45) is 0 Å². The van der Waals surface area contributed by atoms with Gasteiger partial charge in [-0.25, -0.2) is 18.7 Å². The summed E-state index contributed by atoms with van der Waals surface area (Å²) in [6, 6.07) is 3.63. The average molecular weight is 339 g/mol. The zero-order valence-corrected chi connectivity index (χ0v) is 13.9. The first kappa shape index (κ1) is 16.1. The number of ether oxygens (including phenoxy) is 1. The highest BCUT2D eigenvalue weighted by Crippen LogP contribution is 2.35. The van der Waals surface area contributed by atoms with E-state index in [1.807, 2.05) is 18.4 Å². The van der Waals surface area contributed by atoms with Crippen molar-refractivity contribution in [3.8, 4) is 16.5 Å². The van der Waals surface area contributed by atoms with E-state index in [0.29, 0.717) is 24.4 Å². The van der Waals surface area contributed by atoms with Gasteiger partial charge in [0.15, 0.2) is 0 Å². The smallest absolute Gasteiger partial charge is 0.248 e. The number of anilines is 1. The lowest BCUT2D eigenvalue weighted by molar-refractivity contribution is -0.0361. The molecule has 0 amide bonds. The van der Waals surface area contributed by atoms with Crippen LogP contribution in [0.4, 0.5) is 14.6 Å². The van der Waals surface area contributed by atoms with Crippen molar-refractivity contribution in [1.29, 1.82) is 0 Å². The third-order valence-corrected chi connectivity index (χ3v) is 4.92. The molecule has 3 rings (SSSR count). The largest absolute Gasteiger partial charge is 0.497 e. The van der Waals surface area contributed by atoms with Gasteiger partial charge in [-0.15, -0.1) is 11.3 Å². The van der Waals surface area contributed by atoms with Crippen molar-refractivity contribution in [2.75, 3.05) is 12.4 Å². The molecule has 1 aliphatic carbocycles. The lowest BCUT2D eigenvalue weighted by Crippen LogP contribution is -2.32. The molecular weight excluding hydrogens is 320 g/mol. The molecule has 0 aromatic carbocycles. The maximum absolute atomic E-state index is 13.3. The summed E-state index contributed by atoms with van der Waals surface area (Å²) in [7, 11) is 1.59. The monoisotopic (exact) mass is 339 g/mol. The minimum absolute atomic E-state index is 0.0140. The number of rotatable bonds is 4. The number of methoxy groups -OCH3 is 1. The number of aryl methyl sites for hydroxylation is 1. The lowest BCUT2D eigenvalue weighted by Gasteiger charge is -2.29. The van der Waals surface area contributed by atoms with E-state index in [9.17, 15) is 8.78 Å². The standard InChI is InChI=1S/C16H19F2N3OS/c1-10-9-23-15(19-10)13-7-12(22-2)8-14(21-13)20-11-3-5-16(17,18)6-4-11/h7-9,11H,3-6H2,1-2H3,(H,20,21). The maximum atomic E-state index is 13.3. The third kappa shape index (κ3) is 3.96. The fraction of sp³-hybridized carbons (Fsp3) is 0.500. The van der Waals surface area contributed by atoms with Crippen LogP contribution >= 0.6 is 11.3 Å². The molecule has 0 unspecified atom stereocenters. The molecule has 1 aliphatic rings. The number of aromatic nitrogens is 2. The molecule has 0 aliphatic heterocycles. The highest BCUT2D eigenvalue weighted by Gasteiger charge is 2.34. The predicted molar refractivity (Wildman–Crippen MR) is 87.5 cm³/mol. The molecule has 4 nitrogen and oxygen atoms in total. The van der Waals surface area contributed by atoms with Crippen LogP contribution in [0.25, 0.3) is 10.7 Å². The van der Waals surface area contributed by atoms with Gasteiger partial charge < -0.3 is 10.1 Å². The first-order valence-corrected chi connectivity index (χ1v) is 8.46. The van der Waals surface area contributed by atoms with Crippen LogP contribution in [0.5, 0.6) is 5.75 Å². The molecule has 23 heavy (non-hydrogen) atoms. The van der Waals surface area contributed by atoms with E-state index in [-0.39, 0.29) is 18.9 Å². The van der Waals surface area contributed by atoms with Crippen LogP contribution in [0.3, 0.4) is 0 Å². The van der Waals surface area contributed by atoms with Crippen molar-refractivity contribution in [3.63, 3.8) is 0 Å². The van der Waals surface area contributed by atoms with Gasteiger partial charge in [-0.2, -0.15) is 0 Å². The molecule has 2 heterocycles. The first-order chi connectivity index (χ1) is 10.9. The Morgan fingerprint density at radius 3 is 2.61 bits per heavy atom. The van der Waals surface area contributed by atoms with Crippen molar-refractivity contribution in [3.05, 3.63) is 23.2 Å². The van der Waals surface area contributed by atoms with E-state index in [4.69, 9.17) is 4.74 Å². The molecule has 0 saturated heterocycles. The average Bonchev–Trinajstić information content (AvgIpc) is 2.96. The van der Waals surface area contributed by atoms with Crippen LogP contribution in [0, 0.1) is 6.92 Å². The topological polar surface area (TPSA) is 47.0 Å². The van der Waals surface area contributed by atoms with Crippen molar-refractivity contribution in [1.82, 2.24) is 9.97 Å². The number of halogens is 2. The van der Waals surface area contributed by atoms with Gasteiger partial charge in [-0.3, -0.25) is 0 Å². The summed E-state index contributed by atoms with van der Waals surface area (Å²) in [6.07, 6.45) is 0.732. The summed E-state index contributed by atoms with van der Waals surface area (Å²) in [5, 5.41) is 6.05. The normalized spacial score (nSPS) is 17.9. The van der Waals surface area contributed by atoms with Crippen molar-refractivity contribution < 1.29 is 13.5 Å². The molecule has 1 N–H and O–H groups in total. The Morgan fingerprint density at radius 2 is 2.00 bits per heavy atom. The number of nitrogens with zero attached hydrogens (tertiary/aromatic N) is 2. The summed E-state index contributed by atoms with van der Waals surface area (Å²) >= 11 is 1.52. The van der Waals surface area contributed by atoms with Crippen molar-refractivity contribution in [2.45, 2.75) is 44.6 Å². The second kappa shape index (κ2) is 6.39. The lowest BCUT2D eigenvalue weighted by atomic mass is 9.92. The molecule has 2 aromatic rings. The van der Waals surface area contributed by atoms with Crippen molar-refractivity contribution >= 4 is 17.2 Å². The third-order valence-electron chi connectivity index (χ3n) is 3.94. The molecule has 1 saturated carbocycles. The van der Waals surface area contributed by atoms with E-state index in [1.54, 1.807) is 13.2 Å². The van der Waals surface area contributed by atoms with Gasteiger partial charge in [0.1, 0.15) is 22.3 Å². The number of hydrogen-bond donors (Lipinski definition) is 1. The first-order valence-electron chi connectivity index (χ1n) is 7.58. The predicted octanol–water partition coefficient (Wildman–Crippen LogP) is 4.51. The Labute approximate surface area is 137 Å². The molecule has 0 radical (unpaired) electrons. The Hall–Kier alpha value is -1.76. The number of thiazole rings is 1. The number of nitrogens with one attached hydrogen (secondary N) is 1. The quantitative estimate of drug-likeness (QED) is 0.890. The van der Waals surface area contributed by atoms with Gasteiger partial charge in [-0.1, -0.05) is 0 Å². The SMILES string of the molecule is COc1cc(NC2CCC(F)(F)CC2)nc(-c2nc(C)cs2)c1. The second-order valence-electron chi connectivity index (χ2n) is 5.85. The molecule has 7 heteroatoms. The van der Waals surface area contributed by atoms with Gasteiger partial charge in [-0.05, 0) is 19.8 Å². The molecule has 2 aromatic heterocycles. The van der Waals surface area contributed by atoms with Gasteiger partial charge in [0.25, 0.3) is 0 Å². The van der Waals surface area contributed by atoms with E-state index in [2.05, 4.69) is 15.3 Å². The number of pyridine rings is 1. The van der Waals surface area contributed by atoms with E-state index in [1.165, 1.54) is 11.3 Å². The zero-order chi connectivity index (χ0) is 16.4. The summed E-state index contributed by atoms with van der Waals surface area (Å²) in [4.78, 5) is 9.00. The van der Waals surface area contributed by atoms with Crippen LogP contribution in [0.1, 0.15) is 31.4 Å².